The van der Waals surface area contributed by atoms with Crippen molar-refractivity contribution in [2.75, 3.05) is 0 Å². The topological polar surface area (TPSA) is 25.8 Å². The molecule has 2 nitrogen and oxygen atoms in total. The summed E-state index contributed by atoms with van der Waals surface area (Å²) in [6.07, 6.45) is 12.4. The average molecular weight is 387 g/mol. The van der Waals surface area contributed by atoms with E-state index in [9.17, 15) is 4.39 Å². The Balaban J connectivity index is 1.62. The van der Waals surface area contributed by atoms with E-state index < -0.39 is 6.17 Å². The van der Waals surface area contributed by atoms with E-state index in [0.717, 1.165) is 47.3 Å². The van der Waals surface area contributed by atoms with Gasteiger partial charge in [0.05, 0.1) is 6.17 Å². The monoisotopic (exact) mass is 386 g/mol. The van der Waals surface area contributed by atoms with Crippen molar-refractivity contribution >= 4 is 6.08 Å². The molecule has 2 aromatic carbocycles. The summed E-state index contributed by atoms with van der Waals surface area (Å²) in [4.78, 5) is 9.06. The summed E-state index contributed by atoms with van der Waals surface area (Å²) < 4.78 is 12.8. The van der Waals surface area contributed by atoms with Crippen molar-refractivity contribution in [1.29, 1.82) is 0 Å². The van der Waals surface area contributed by atoms with E-state index in [-0.39, 0.29) is 0 Å². The Morgan fingerprint density at radius 3 is 2.21 bits per heavy atom. The molecule has 1 aromatic heterocycles. The van der Waals surface area contributed by atoms with E-state index in [1.165, 1.54) is 5.56 Å². The van der Waals surface area contributed by atoms with Gasteiger partial charge in [0.15, 0.2) is 5.82 Å². The molecule has 0 bridgehead atoms. The Morgan fingerprint density at radius 2 is 1.59 bits per heavy atom. The van der Waals surface area contributed by atoms with E-state index in [0.29, 0.717) is 6.42 Å². The molecular weight excluding hydrogens is 359 g/mol. The lowest BCUT2D eigenvalue weighted by molar-refractivity contribution is 0.335. The number of nitrogens with zero attached hydrogens (tertiary/aromatic N) is 2. The molecule has 0 aliphatic heterocycles. The Kier molecular flexibility index (Phi) is 7.46. The minimum absolute atomic E-state index is 0.623. The molecule has 3 heteroatoms. The second-order valence-corrected chi connectivity index (χ2v) is 7.22. The molecule has 29 heavy (non-hydrogen) atoms. The van der Waals surface area contributed by atoms with Crippen LogP contribution in [0.1, 0.15) is 37.3 Å². The zero-order valence-electron chi connectivity index (χ0n) is 16.9. The molecule has 1 unspecified atom stereocenters. The quantitative estimate of drug-likeness (QED) is 0.290. The fraction of sp³-hybridized carbons (Fsp3) is 0.231. The highest BCUT2D eigenvalue weighted by molar-refractivity contribution is 5.65. The maximum atomic E-state index is 12.8. The number of halogens is 1. The van der Waals surface area contributed by atoms with Crippen LogP contribution < -0.4 is 0 Å². The van der Waals surface area contributed by atoms with Gasteiger partial charge in [-0.05, 0) is 49.3 Å². The third kappa shape index (κ3) is 6.21. The van der Waals surface area contributed by atoms with Crippen LogP contribution >= 0.6 is 0 Å². The number of rotatable bonds is 9. The van der Waals surface area contributed by atoms with Crippen LogP contribution in [0.2, 0.25) is 0 Å². The Bertz CT molecular complexity index is 924. The highest BCUT2D eigenvalue weighted by atomic mass is 19.1. The van der Waals surface area contributed by atoms with Crippen LogP contribution in [0, 0.1) is 0 Å². The fourth-order valence-electron chi connectivity index (χ4n) is 3.11. The first-order valence-corrected chi connectivity index (χ1v) is 10.1. The molecule has 1 atom stereocenters. The zero-order valence-corrected chi connectivity index (χ0v) is 16.9. The first kappa shape index (κ1) is 20.7. The van der Waals surface area contributed by atoms with Crippen LogP contribution in [-0.4, -0.2) is 16.1 Å². The minimum atomic E-state index is -0.715. The summed E-state index contributed by atoms with van der Waals surface area (Å²) in [5.41, 5.74) is 5.45. The second-order valence-electron chi connectivity index (χ2n) is 7.22. The third-order valence-electron chi connectivity index (χ3n) is 4.77. The molecule has 0 aliphatic rings. The number of alkyl halides is 1. The molecule has 3 rings (SSSR count). The Hall–Kier alpha value is -3.07. The first-order chi connectivity index (χ1) is 14.2. The molecule has 0 saturated heterocycles. The van der Waals surface area contributed by atoms with E-state index in [4.69, 9.17) is 0 Å². The van der Waals surface area contributed by atoms with E-state index in [1.54, 1.807) is 6.92 Å². The van der Waals surface area contributed by atoms with Crippen molar-refractivity contribution < 1.29 is 4.39 Å². The van der Waals surface area contributed by atoms with Crippen LogP contribution in [0.25, 0.3) is 28.6 Å². The lowest BCUT2D eigenvalue weighted by Crippen LogP contribution is -1.91. The van der Waals surface area contributed by atoms with Crippen molar-refractivity contribution in [3.8, 4) is 22.5 Å². The SMILES string of the molecule is C=CCc1ccc(-c2ncc(-c3ccc(C=CCCCC(C)F)cc3)cn2)cc1. The molecule has 0 radical (unpaired) electrons. The highest BCUT2D eigenvalue weighted by Crippen LogP contribution is 2.22. The molecule has 148 valence electrons. The van der Waals surface area contributed by atoms with Crippen molar-refractivity contribution in [3.63, 3.8) is 0 Å². The molecule has 0 aliphatic carbocycles. The van der Waals surface area contributed by atoms with Crippen LogP contribution in [0.15, 0.2) is 79.7 Å². The normalized spacial score (nSPS) is 12.2. The molecular formula is C26H27FN2. The minimum Gasteiger partial charge on any atom is -0.248 e. The van der Waals surface area contributed by atoms with Gasteiger partial charge in [-0.1, -0.05) is 66.8 Å². The van der Waals surface area contributed by atoms with Crippen LogP contribution in [0.5, 0.6) is 0 Å². The molecule has 0 N–H and O–H groups in total. The fourth-order valence-corrected chi connectivity index (χ4v) is 3.11. The number of hydrogen-bond donors (Lipinski definition) is 0. The van der Waals surface area contributed by atoms with Crippen molar-refractivity contribution in [2.24, 2.45) is 0 Å². The molecule has 3 aromatic rings. The summed E-state index contributed by atoms with van der Waals surface area (Å²) in [6.45, 7) is 5.38. The number of unbranched alkanes of at least 4 members (excludes halogenated alkanes) is 1. The van der Waals surface area contributed by atoms with Gasteiger partial charge in [-0.25, -0.2) is 14.4 Å². The number of aromatic nitrogens is 2. The molecule has 0 amide bonds. The predicted octanol–water partition coefficient (Wildman–Crippen LogP) is 7.08. The predicted molar refractivity (Wildman–Crippen MR) is 120 cm³/mol. The van der Waals surface area contributed by atoms with E-state index >= 15 is 0 Å². The lowest BCUT2D eigenvalue weighted by atomic mass is 10.1. The third-order valence-corrected chi connectivity index (χ3v) is 4.77. The maximum absolute atomic E-state index is 12.8. The largest absolute Gasteiger partial charge is 0.248 e. The summed E-state index contributed by atoms with van der Waals surface area (Å²) in [5.74, 6) is 0.723. The molecule has 0 spiro atoms. The molecule has 0 saturated carbocycles. The summed E-state index contributed by atoms with van der Waals surface area (Å²) >= 11 is 0. The standard InChI is InChI=1S/C26H27FN2/c1-3-7-21-12-16-24(17-13-21)26-28-18-25(19-29-26)23-14-10-22(11-15-23)9-6-4-5-8-20(2)27/h3,6,9-20H,1,4-5,7-8H2,2H3. The van der Waals surface area contributed by atoms with Gasteiger partial charge < -0.3 is 0 Å². The number of benzene rings is 2. The summed E-state index contributed by atoms with van der Waals surface area (Å²) in [6, 6.07) is 16.6. The second kappa shape index (κ2) is 10.5. The van der Waals surface area contributed by atoms with Crippen LogP contribution in [0.4, 0.5) is 4.39 Å². The molecule has 1 heterocycles. The Labute approximate surface area is 172 Å². The Morgan fingerprint density at radius 1 is 0.931 bits per heavy atom. The van der Waals surface area contributed by atoms with Gasteiger partial charge in [0.1, 0.15) is 0 Å². The van der Waals surface area contributed by atoms with Gasteiger partial charge in [0.25, 0.3) is 0 Å². The van der Waals surface area contributed by atoms with E-state index in [2.05, 4.69) is 65.1 Å². The van der Waals surface area contributed by atoms with Crippen LogP contribution in [0.3, 0.4) is 0 Å². The van der Waals surface area contributed by atoms with Crippen molar-refractivity contribution in [3.05, 3.63) is 90.8 Å². The lowest BCUT2D eigenvalue weighted by Gasteiger charge is -2.05. The van der Waals surface area contributed by atoms with Crippen molar-refractivity contribution in [1.82, 2.24) is 9.97 Å². The first-order valence-electron chi connectivity index (χ1n) is 10.1. The highest BCUT2D eigenvalue weighted by Gasteiger charge is 2.04. The van der Waals surface area contributed by atoms with Gasteiger partial charge in [-0.3, -0.25) is 0 Å². The van der Waals surface area contributed by atoms with Gasteiger partial charge in [-0.2, -0.15) is 0 Å². The number of allylic oxidation sites excluding steroid dienone is 2. The molecule has 0 fully saturated rings. The van der Waals surface area contributed by atoms with Gasteiger partial charge in [0.2, 0.25) is 0 Å². The summed E-state index contributed by atoms with van der Waals surface area (Å²) in [5, 5.41) is 0. The zero-order chi connectivity index (χ0) is 20.5. The number of hydrogen-bond acceptors (Lipinski definition) is 2. The summed E-state index contributed by atoms with van der Waals surface area (Å²) in [7, 11) is 0. The average Bonchev–Trinajstić information content (AvgIpc) is 2.75. The van der Waals surface area contributed by atoms with Gasteiger partial charge in [0, 0.05) is 23.5 Å². The van der Waals surface area contributed by atoms with Crippen molar-refractivity contribution in [2.45, 2.75) is 38.8 Å². The smallest absolute Gasteiger partial charge is 0.159 e. The van der Waals surface area contributed by atoms with Crippen LogP contribution in [-0.2, 0) is 6.42 Å². The van der Waals surface area contributed by atoms with Gasteiger partial charge >= 0.3 is 0 Å². The van der Waals surface area contributed by atoms with Gasteiger partial charge in [-0.15, -0.1) is 6.58 Å². The van der Waals surface area contributed by atoms with E-state index in [1.807, 2.05) is 30.6 Å². The maximum Gasteiger partial charge on any atom is 0.159 e.